The lowest BCUT2D eigenvalue weighted by Crippen LogP contribution is -2.55. The number of morpholine rings is 1. The SMILES string of the molecule is CSCC[C@H](NC(=O)OC(C)(C)C)C(=O)N1CCN(c2nc(N3CCOCC3)nc(-n3c(C(F)F)nc4ccccc43)n2)CC1. The number of rotatable bonds is 9. The van der Waals surface area contributed by atoms with E-state index in [1.165, 1.54) is 4.57 Å². The number of nitrogens with zero attached hydrogens (tertiary/aromatic N) is 8. The molecule has 0 spiro atoms. The number of carbonyl (C=O) groups excluding carboxylic acids is 2. The lowest BCUT2D eigenvalue weighted by Gasteiger charge is -2.37. The third-order valence-corrected chi connectivity index (χ3v) is 7.99. The largest absolute Gasteiger partial charge is 0.444 e. The first-order chi connectivity index (χ1) is 21.5. The highest BCUT2D eigenvalue weighted by molar-refractivity contribution is 7.98. The van der Waals surface area contributed by atoms with Gasteiger partial charge in [0.1, 0.15) is 11.6 Å². The molecule has 2 aromatic heterocycles. The number of imidazole rings is 1. The minimum absolute atomic E-state index is 0.0442. The smallest absolute Gasteiger partial charge is 0.408 e. The van der Waals surface area contributed by atoms with Crippen molar-refractivity contribution in [3.8, 4) is 5.95 Å². The number of anilines is 2. The number of ether oxygens (including phenoxy) is 2. The number of thioether (sulfide) groups is 1. The van der Waals surface area contributed by atoms with Gasteiger partial charge >= 0.3 is 6.09 Å². The number of aromatic nitrogens is 5. The van der Waals surface area contributed by atoms with E-state index >= 15 is 0 Å². The van der Waals surface area contributed by atoms with Crippen molar-refractivity contribution in [3.05, 3.63) is 30.1 Å². The average molecular weight is 648 g/mol. The van der Waals surface area contributed by atoms with E-state index in [2.05, 4.69) is 20.3 Å². The van der Waals surface area contributed by atoms with Crippen LogP contribution in [0.15, 0.2) is 24.3 Å². The maximum absolute atomic E-state index is 14.2. The van der Waals surface area contributed by atoms with Crippen molar-refractivity contribution in [2.24, 2.45) is 0 Å². The molecule has 1 atom stereocenters. The molecule has 16 heteroatoms. The van der Waals surface area contributed by atoms with Gasteiger partial charge in [-0.25, -0.2) is 18.6 Å². The Morgan fingerprint density at radius 1 is 0.956 bits per heavy atom. The van der Waals surface area contributed by atoms with Gasteiger partial charge in [-0.15, -0.1) is 0 Å². The fourth-order valence-corrected chi connectivity index (χ4v) is 5.65. The number of hydrogen-bond acceptors (Lipinski definition) is 11. The highest BCUT2D eigenvalue weighted by atomic mass is 32.2. The quantitative estimate of drug-likeness (QED) is 0.367. The maximum atomic E-state index is 14.2. The summed E-state index contributed by atoms with van der Waals surface area (Å²) in [6.07, 6.45) is -1.08. The Kier molecular flexibility index (Phi) is 10.2. The fraction of sp³-hybridized carbons (Fsp3) is 0.586. The Hall–Kier alpha value is -3.79. The summed E-state index contributed by atoms with van der Waals surface area (Å²) in [6.45, 7) is 8.87. The first-order valence-electron chi connectivity index (χ1n) is 14.9. The number of piperazine rings is 1. The molecule has 1 aromatic carbocycles. The van der Waals surface area contributed by atoms with E-state index in [1.807, 2.05) is 16.1 Å². The van der Waals surface area contributed by atoms with Crippen molar-refractivity contribution < 1.29 is 27.8 Å². The maximum Gasteiger partial charge on any atom is 0.408 e. The van der Waals surface area contributed by atoms with Crippen molar-refractivity contribution >= 4 is 46.7 Å². The minimum Gasteiger partial charge on any atom is -0.444 e. The van der Waals surface area contributed by atoms with Gasteiger partial charge in [0.2, 0.25) is 23.8 Å². The van der Waals surface area contributed by atoms with Gasteiger partial charge < -0.3 is 29.5 Å². The van der Waals surface area contributed by atoms with E-state index in [0.717, 1.165) is 0 Å². The van der Waals surface area contributed by atoms with Gasteiger partial charge in [-0.3, -0.25) is 9.36 Å². The van der Waals surface area contributed by atoms with Crippen LogP contribution in [0.25, 0.3) is 17.0 Å². The highest BCUT2D eigenvalue weighted by Crippen LogP contribution is 2.28. The molecule has 0 aliphatic carbocycles. The van der Waals surface area contributed by atoms with Gasteiger partial charge in [-0.1, -0.05) is 12.1 Å². The monoisotopic (exact) mass is 647 g/mol. The fourth-order valence-electron chi connectivity index (χ4n) is 5.18. The molecule has 2 aliphatic heterocycles. The van der Waals surface area contributed by atoms with E-state index in [1.54, 1.807) is 61.7 Å². The third-order valence-electron chi connectivity index (χ3n) is 7.35. The lowest BCUT2D eigenvalue weighted by molar-refractivity contribution is -0.133. The van der Waals surface area contributed by atoms with Crippen LogP contribution in [-0.4, -0.2) is 118 Å². The van der Waals surface area contributed by atoms with Crippen molar-refractivity contribution in [2.45, 2.75) is 45.3 Å². The van der Waals surface area contributed by atoms with Gasteiger partial charge in [-0.2, -0.15) is 26.7 Å². The van der Waals surface area contributed by atoms with Crippen LogP contribution in [0.3, 0.4) is 0 Å². The molecule has 4 heterocycles. The molecule has 1 N–H and O–H groups in total. The topological polar surface area (TPSA) is 131 Å². The van der Waals surface area contributed by atoms with E-state index in [4.69, 9.17) is 14.5 Å². The molecular weight excluding hydrogens is 608 g/mol. The van der Waals surface area contributed by atoms with Crippen LogP contribution < -0.4 is 15.1 Å². The summed E-state index contributed by atoms with van der Waals surface area (Å²) in [5.41, 5.74) is 0.179. The molecule has 13 nitrogen and oxygen atoms in total. The number of halogens is 2. The number of hydrogen-bond donors (Lipinski definition) is 1. The van der Waals surface area contributed by atoms with Gasteiger partial charge in [-0.05, 0) is 51.3 Å². The average Bonchev–Trinajstić information content (AvgIpc) is 3.42. The molecule has 244 valence electrons. The summed E-state index contributed by atoms with van der Waals surface area (Å²) >= 11 is 1.59. The first-order valence-corrected chi connectivity index (χ1v) is 16.3. The van der Waals surface area contributed by atoms with Crippen LogP contribution in [0.2, 0.25) is 0 Å². The minimum atomic E-state index is -2.85. The second-order valence-electron chi connectivity index (χ2n) is 11.7. The zero-order valence-electron chi connectivity index (χ0n) is 25.9. The number of fused-ring (bicyclic) bond motifs is 1. The van der Waals surface area contributed by atoms with Gasteiger partial charge in [0, 0.05) is 39.3 Å². The zero-order valence-corrected chi connectivity index (χ0v) is 26.7. The summed E-state index contributed by atoms with van der Waals surface area (Å²) in [5.74, 6) is 0.763. The van der Waals surface area contributed by atoms with E-state index in [-0.39, 0.29) is 11.9 Å². The predicted octanol–water partition coefficient (Wildman–Crippen LogP) is 3.28. The third kappa shape index (κ3) is 7.90. The zero-order chi connectivity index (χ0) is 32.1. The Balaban J connectivity index is 1.39. The van der Waals surface area contributed by atoms with Crippen LogP contribution in [0, 0.1) is 0 Å². The molecule has 0 unspecified atom stereocenters. The number of benzene rings is 1. The van der Waals surface area contributed by atoms with E-state index < -0.39 is 30.0 Å². The molecule has 2 aliphatic rings. The normalized spacial score (nSPS) is 16.7. The molecule has 0 saturated carbocycles. The summed E-state index contributed by atoms with van der Waals surface area (Å²) in [4.78, 5) is 49.8. The summed E-state index contributed by atoms with van der Waals surface area (Å²) < 4.78 is 40.6. The molecule has 5 rings (SSSR count). The highest BCUT2D eigenvalue weighted by Gasteiger charge is 2.32. The number of alkyl carbamates (subject to hydrolysis) is 1. The van der Waals surface area contributed by atoms with Crippen molar-refractivity contribution in [1.82, 2.24) is 34.7 Å². The second kappa shape index (κ2) is 14.1. The first kappa shape index (κ1) is 32.6. The molecule has 45 heavy (non-hydrogen) atoms. The van der Waals surface area contributed by atoms with Crippen LogP contribution >= 0.6 is 11.8 Å². The summed E-state index contributed by atoms with van der Waals surface area (Å²) in [5, 5.41) is 2.75. The van der Waals surface area contributed by atoms with Crippen LogP contribution in [0.4, 0.5) is 25.5 Å². The number of amides is 2. The second-order valence-corrected chi connectivity index (χ2v) is 12.7. The van der Waals surface area contributed by atoms with Gasteiger partial charge in [0.25, 0.3) is 6.43 Å². The molecule has 2 saturated heterocycles. The van der Waals surface area contributed by atoms with Crippen molar-refractivity contribution in [1.29, 1.82) is 0 Å². The Labute approximate surface area is 264 Å². The summed E-state index contributed by atoms with van der Waals surface area (Å²) in [7, 11) is 0. The van der Waals surface area contributed by atoms with E-state index in [0.29, 0.717) is 87.6 Å². The predicted molar refractivity (Wildman–Crippen MR) is 167 cm³/mol. The molecule has 2 amide bonds. The molecule has 0 radical (unpaired) electrons. The Morgan fingerprint density at radius 3 is 2.20 bits per heavy atom. The van der Waals surface area contributed by atoms with Crippen molar-refractivity contribution in [3.63, 3.8) is 0 Å². The van der Waals surface area contributed by atoms with Crippen molar-refractivity contribution in [2.75, 3.05) is 74.3 Å². The van der Waals surface area contributed by atoms with Crippen LogP contribution in [-0.2, 0) is 14.3 Å². The number of para-hydroxylation sites is 2. The lowest BCUT2D eigenvalue weighted by atomic mass is 10.1. The Morgan fingerprint density at radius 2 is 1.58 bits per heavy atom. The number of alkyl halides is 2. The molecule has 0 bridgehead atoms. The summed E-state index contributed by atoms with van der Waals surface area (Å²) in [6, 6.07) is 6.14. The number of nitrogens with one attached hydrogen (secondary N) is 1. The molecule has 3 aromatic rings. The van der Waals surface area contributed by atoms with E-state index in [9.17, 15) is 18.4 Å². The Bertz CT molecular complexity index is 1490. The standard InChI is InChI=1S/C29H39F2N9O4S/c1-29(2,3)44-28(42)33-20(9-18-45-4)24(41)37-10-12-38(13-11-37)25-34-26(39-14-16-43-17-15-39)36-27(35-25)40-21-8-6-5-7-19(21)32-23(40)22(30)31/h5-8,20,22H,9-18H2,1-4H3,(H,33,42)/t20-/m0/s1. The van der Waals surface area contributed by atoms with Gasteiger partial charge in [0.15, 0.2) is 5.82 Å². The molecule has 2 fully saturated rings. The van der Waals surface area contributed by atoms with Gasteiger partial charge in [0.05, 0.1) is 24.2 Å². The van der Waals surface area contributed by atoms with Crippen LogP contribution in [0.1, 0.15) is 39.4 Å². The number of carbonyl (C=O) groups is 2. The van der Waals surface area contributed by atoms with Crippen LogP contribution in [0.5, 0.6) is 0 Å². The molecular formula is C29H39F2N9O4S.